The van der Waals surface area contributed by atoms with Crippen molar-refractivity contribution in [3.63, 3.8) is 0 Å². The van der Waals surface area contributed by atoms with Crippen molar-refractivity contribution in [3.05, 3.63) is 35.9 Å². The number of carbonyl (C=O) groups is 1. The van der Waals surface area contributed by atoms with Crippen LogP contribution in [0.1, 0.15) is 46.6 Å². The van der Waals surface area contributed by atoms with Crippen molar-refractivity contribution in [1.82, 2.24) is 5.32 Å². The maximum absolute atomic E-state index is 12.5. The molecule has 1 atom stereocenters. The van der Waals surface area contributed by atoms with Gasteiger partial charge in [0.25, 0.3) is 0 Å². The third-order valence-electron chi connectivity index (χ3n) is 3.92. The van der Waals surface area contributed by atoms with Gasteiger partial charge in [0.05, 0.1) is 0 Å². The smallest absolute Gasteiger partial charge is 0.226 e. The molecule has 0 aliphatic carbocycles. The Labute approximate surface area is 117 Å². The summed E-state index contributed by atoms with van der Waals surface area (Å²) in [5, 5.41) is 3.09. The molecule has 19 heavy (non-hydrogen) atoms. The van der Waals surface area contributed by atoms with Crippen molar-refractivity contribution in [2.24, 2.45) is 17.3 Å². The first kappa shape index (κ1) is 15.7. The first-order valence-corrected chi connectivity index (χ1v) is 7.18. The van der Waals surface area contributed by atoms with Crippen LogP contribution in [0.25, 0.3) is 0 Å². The van der Waals surface area contributed by atoms with Crippen molar-refractivity contribution < 1.29 is 4.79 Å². The Hall–Kier alpha value is -1.31. The molecule has 0 aliphatic rings. The van der Waals surface area contributed by atoms with Crippen molar-refractivity contribution >= 4 is 5.91 Å². The highest BCUT2D eigenvalue weighted by molar-refractivity contribution is 5.82. The lowest BCUT2D eigenvalue weighted by molar-refractivity contribution is -0.133. The van der Waals surface area contributed by atoms with Gasteiger partial charge in [-0.1, -0.05) is 65.0 Å². The average Bonchev–Trinajstić information content (AvgIpc) is 2.36. The largest absolute Gasteiger partial charge is 0.352 e. The Morgan fingerprint density at radius 1 is 1.16 bits per heavy atom. The minimum atomic E-state index is -0.289. The summed E-state index contributed by atoms with van der Waals surface area (Å²) < 4.78 is 0. The zero-order chi connectivity index (χ0) is 14.5. The van der Waals surface area contributed by atoms with Crippen molar-refractivity contribution in [3.8, 4) is 0 Å². The monoisotopic (exact) mass is 261 g/mol. The molecule has 0 spiro atoms. The van der Waals surface area contributed by atoms with Crippen LogP contribution in [0.15, 0.2) is 30.3 Å². The molecule has 1 rings (SSSR count). The zero-order valence-corrected chi connectivity index (χ0v) is 12.9. The minimum Gasteiger partial charge on any atom is -0.352 e. The second kappa shape index (κ2) is 6.74. The van der Waals surface area contributed by atoms with Gasteiger partial charge in [0, 0.05) is 12.0 Å². The number of nitrogens with one attached hydrogen (secondary N) is 1. The number of benzene rings is 1. The fraction of sp³-hybridized carbons (Fsp3) is 0.588. The van der Waals surface area contributed by atoms with Crippen LogP contribution < -0.4 is 5.32 Å². The zero-order valence-electron chi connectivity index (χ0n) is 12.9. The summed E-state index contributed by atoms with van der Waals surface area (Å²) in [7, 11) is 0. The van der Waals surface area contributed by atoms with E-state index in [0.717, 1.165) is 12.0 Å². The molecule has 0 fully saturated rings. The van der Waals surface area contributed by atoms with Gasteiger partial charge in [-0.05, 0) is 23.8 Å². The van der Waals surface area contributed by atoms with Gasteiger partial charge >= 0.3 is 0 Å². The molecule has 0 saturated carbocycles. The molecule has 1 unspecified atom stereocenters. The maximum atomic E-state index is 12.5. The summed E-state index contributed by atoms with van der Waals surface area (Å²) in [6.07, 6.45) is 0.922. The van der Waals surface area contributed by atoms with E-state index >= 15 is 0 Å². The lowest BCUT2D eigenvalue weighted by atomic mass is 9.72. The van der Waals surface area contributed by atoms with Crippen LogP contribution >= 0.6 is 0 Å². The molecular formula is C17H27NO. The maximum Gasteiger partial charge on any atom is 0.226 e. The highest BCUT2D eigenvalue weighted by atomic mass is 16.2. The van der Waals surface area contributed by atoms with Crippen molar-refractivity contribution in [2.45, 2.75) is 47.6 Å². The summed E-state index contributed by atoms with van der Waals surface area (Å²) in [5.74, 6) is 1.03. The Kier molecular flexibility index (Phi) is 5.59. The van der Waals surface area contributed by atoms with Crippen molar-refractivity contribution in [1.29, 1.82) is 0 Å². The molecule has 106 valence electrons. The van der Waals surface area contributed by atoms with Gasteiger partial charge in [-0.2, -0.15) is 0 Å². The van der Waals surface area contributed by atoms with Gasteiger partial charge in [0.2, 0.25) is 5.91 Å². The lowest BCUT2D eigenvalue weighted by Gasteiger charge is -2.34. The number of rotatable bonds is 6. The Bertz CT molecular complexity index is 397. The fourth-order valence-electron chi connectivity index (χ4n) is 2.42. The third-order valence-corrected chi connectivity index (χ3v) is 3.92. The summed E-state index contributed by atoms with van der Waals surface area (Å²) >= 11 is 0. The van der Waals surface area contributed by atoms with E-state index in [1.165, 1.54) is 0 Å². The van der Waals surface area contributed by atoms with Gasteiger partial charge in [-0.3, -0.25) is 4.79 Å². The summed E-state index contributed by atoms with van der Waals surface area (Å²) in [4.78, 5) is 12.5. The Morgan fingerprint density at radius 3 is 2.21 bits per heavy atom. The van der Waals surface area contributed by atoms with E-state index < -0.39 is 0 Å². The third kappa shape index (κ3) is 4.38. The average molecular weight is 261 g/mol. The predicted molar refractivity (Wildman–Crippen MR) is 80.7 cm³/mol. The Morgan fingerprint density at radius 2 is 1.74 bits per heavy atom. The van der Waals surface area contributed by atoms with Crippen LogP contribution in [0.5, 0.6) is 0 Å². The molecule has 1 aromatic rings. The molecule has 0 heterocycles. The van der Waals surface area contributed by atoms with Gasteiger partial charge in [-0.25, -0.2) is 0 Å². The van der Waals surface area contributed by atoms with Crippen LogP contribution in [-0.2, 0) is 11.3 Å². The predicted octanol–water partition coefficient (Wildman–Crippen LogP) is 4.01. The fourth-order valence-corrected chi connectivity index (χ4v) is 2.42. The van der Waals surface area contributed by atoms with E-state index in [1.807, 2.05) is 30.3 Å². The minimum absolute atomic E-state index is 0.167. The lowest BCUT2D eigenvalue weighted by Crippen LogP contribution is -2.43. The number of carbonyl (C=O) groups excluding carboxylic acids is 1. The first-order chi connectivity index (χ1) is 8.86. The van der Waals surface area contributed by atoms with Crippen LogP contribution in [0.3, 0.4) is 0 Å². The standard InChI is InChI=1S/C17H27NO/c1-13(2)11-17(5,14(3)4)16(19)18-12-15-9-7-6-8-10-15/h6-10,13-14H,11-12H2,1-5H3,(H,18,19). The molecule has 0 aromatic heterocycles. The SMILES string of the molecule is CC(C)CC(C)(C(=O)NCc1ccccc1)C(C)C. The summed E-state index contributed by atoms with van der Waals surface area (Å²) in [5.41, 5.74) is 0.856. The first-order valence-electron chi connectivity index (χ1n) is 7.18. The second-order valence-corrected chi connectivity index (χ2v) is 6.34. The van der Waals surface area contributed by atoms with Gasteiger partial charge in [0.1, 0.15) is 0 Å². The number of hydrogen-bond acceptors (Lipinski definition) is 1. The normalized spacial score (nSPS) is 14.5. The van der Waals surface area contributed by atoms with E-state index in [4.69, 9.17) is 0 Å². The van der Waals surface area contributed by atoms with Crippen LogP contribution in [0.2, 0.25) is 0 Å². The number of hydrogen-bond donors (Lipinski definition) is 1. The highest BCUT2D eigenvalue weighted by Crippen LogP contribution is 2.34. The molecule has 2 heteroatoms. The molecule has 0 bridgehead atoms. The topological polar surface area (TPSA) is 29.1 Å². The molecule has 1 amide bonds. The quantitative estimate of drug-likeness (QED) is 0.823. The molecule has 1 aromatic carbocycles. The molecule has 2 nitrogen and oxygen atoms in total. The molecular weight excluding hydrogens is 234 g/mol. The molecule has 0 radical (unpaired) electrons. The Balaban J connectivity index is 2.68. The van der Waals surface area contributed by atoms with E-state index in [-0.39, 0.29) is 11.3 Å². The highest BCUT2D eigenvalue weighted by Gasteiger charge is 2.36. The van der Waals surface area contributed by atoms with Crippen LogP contribution in [0, 0.1) is 17.3 Å². The molecule has 0 saturated heterocycles. The van der Waals surface area contributed by atoms with E-state index in [2.05, 4.69) is 39.9 Å². The number of amides is 1. The van der Waals surface area contributed by atoms with Gasteiger partial charge in [-0.15, -0.1) is 0 Å². The van der Waals surface area contributed by atoms with Gasteiger partial charge in [0.15, 0.2) is 0 Å². The van der Waals surface area contributed by atoms with Gasteiger partial charge < -0.3 is 5.32 Å². The van der Waals surface area contributed by atoms with Crippen LogP contribution in [-0.4, -0.2) is 5.91 Å². The van der Waals surface area contributed by atoms with E-state index in [1.54, 1.807) is 0 Å². The summed E-state index contributed by atoms with van der Waals surface area (Å²) in [6, 6.07) is 10.1. The van der Waals surface area contributed by atoms with E-state index in [0.29, 0.717) is 18.4 Å². The van der Waals surface area contributed by atoms with E-state index in [9.17, 15) is 4.79 Å². The molecule has 1 N–H and O–H groups in total. The second-order valence-electron chi connectivity index (χ2n) is 6.34. The molecule has 0 aliphatic heterocycles. The summed E-state index contributed by atoms with van der Waals surface area (Å²) in [6.45, 7) is 11.3. The van der Waals surface area contributed by atoms with Crippen LogP contribution in [0.4, 0.5) is 0 Å². The van der Waals surface area contributed by atoms with Crippen molar-refractivity contribution in [2.75, 3.05) is 0 Å².